The van der Waals surface area contributed by atoms with Crippen LogP contribution in [-0.4, -0.2) is 43.0 Å². The van der Waals surface area contributed by atoms with E-state index in [4.69, 9.17) is 9.84 Å². The highest BCUT2D eigenvalue weighted by Crippen LogP contribution is 2.30. The third kappa shape index (κ3) is 2.69. The SMILES string of the molecule is COc1nc(N(C)C)sc1CC(=O)C(=O)O. The topological polar surface area (TPSA) is 79.7 Å². The number of ketones is 1. The van der Waals surface area contributed by atoms with Crippen molar-refractivity contribution in [1.29, 1.82) is 0 Å². The molecule has 1 heterocycles. The first kappa shape index (κ1) is 12.4. The molecular formula is C9H12N2O4S. The third-order valence-electron chi connectivity index (χ3n) is 1.79. The third-order valence-corrected chi connectivity index (χ3v) is 2.99. The molecule has 0 aliphatic heterocycles. The number of anilines is 1. The van der Waals surface area contributed by atoms with E-state index >= 15 is 0 Å². The number of ether oxygens (including phenoxy) is 1. The van der Waals surface area contributed by atoms with Gasteiger partial charge in [0, 0.05) is 14.1 Å². The van der Waals surface area contributed by atoms with E-state index in [1.807, 2.05) is 0 Å². The Morgan fingerprint density at radius 1 is 1.50 bits per heavy atom. The molecule has 0 aromatic carbocycles. The molecule has 0 saturated heterocycles. The minimum Gasteiger partial charge on any atom is -0.480 e. The van der Waals surface area contributed by atoms with Crippen molar-refractivity contribution in [2.75, 3.05) is 26.1 Å². The Hall–Kier alpha value is -1.63. The Kier molecular flexibility index (Phi) is 3.83. The summed E-state index contributed by atoms with van der Waals surface area (Å²) in [4.78, 5) is 27.9. The van der Waals surface area contributed by atoms with Gasteiger partial charge in [-0.15, -0.1) is 0 Å². The standard InChI is InChI=1S/C9H12N2O4S/c1-11(2)9-10-7(15-3)6(16-9)4-5(12)8(13)14/h4H2,1-3H3,(H,13,14). The number of nitrogens with zero attached hydrogens (tertiary/aromatic N) is 2. The number of aromatic nitrogens is 1. The zero-order chi connectivity index (χ0) is 12.3. The lowest BCUT2D eigenvalue weighted by molar-refractivity contribution is -0.148. The molecule has 6 nitrogen and oxygen atoms in total. The summed E-state index contributed by atoms with van der Waals surface area (Å²) in [6, 6.07) is 0. The zero-order valence-electron chi connectivity index (χ0n) is 9.18. The van der Waals surface area contributed by atoms with E-state index in [0.29, 0.717) is 15.9 Å². The van der Waals surface area contributed by atoms with E-state index in [1.54, 1.807) is 19.0 Å². The fraction of sp³-hybridized carbons (Fsp3) is 0.444. The molecule has 0 fully saturated rings. The van der Waals surface area contributed by atoms with Gasteiger partial charge in [0.2, 0.25) is 11.7 Å². The van der Waals surface area contributed by atoms with Gasteiger partial charge in [-0.3, -0.25) is 4.79 Å². The monoisotopic (exact) mass is 244 g/mol. The first-order valence-electron chi connectivity index (χ1n) is 4.42. The van der Waals surface area contributed by atoms with Crippen LogP contribution in [0.5, 0.6) is 5.88 Å². The van der Waals surface area contributed by atoms with Crippen LogP contribution in [0.15, 0.2) is 0 Å². The molecule has 0 amide bonds. The number of aliphatic carboxylic acids is 1. The van der Waals surface area contributed by atoms with Gasteiger partial charge < -0.3 is 14.7 Å². The summed E-state index contributed by atoms with van der Waals surface area (Å²) in [5.41, 5.74) is 0. The van der Waals surface area contributed by atoms with Crippen molar-refractivity contribution >= 4 is 28.2 Å². The van der Waals surface area contributed by atoms with Crippen molar-refractivity contribution in [2.24, 2.45) is 0 Å². The number of hydrogen-bond donors (Lipinski definition) is 1. The molecule has 88 valence electrons. The maximum absolute atomic E-state index is 11.1. The Bertz CT molecular complexity index is 414. The molecule has 7 heteroatoms. The number of carbonyl (C=O) groups excluding carboxylic acids is 1. The van der Waals surface area contributed by atoms with Crippen LogP contribution in [0.3, 0.4) is 0 Å². The van der Waals surface area contributed by atoms with Gasteiger partial charge in [-0.2, -0.15) is 4.98 Å². The molecule has 0 atom stereocenters. The number of Topliss-reactive ketones (excluding diaryl/α,β-unsaturated/α-hetero) is 1. The molecule has 1 aromatic heterocycles. The molecule has 0 aliphatic carbocycles. The van der Waals surface area contributed by atoms with E-state index in [2.05, 4.69) is 4.98 Å². The molecule has 0 radical (unpaired) electrons. The van der Waals surface area contributed by atoms with Gasteiger partial charge in [0.25, 0.3) is 0 Å². The first-order valence-corrected chi connectivity index (χ1v) is 5.24. The minimum absolute atomic E-state index is 0.190. The van der Waals surface area contributed by atoms with Crippen molar-refractivity contribution < 1.29 is 19.4 Å². The Morgan fingerprint density at radius 3 is 2.56 bits per heavy atom. The average molecular weight is 244 g/mol. The summed E-state index contributed by atoms with van der Waals surface area (Å²) in [7, 11) is 5.05. The Balaban J connectivity index is 2.94. The van der Waals surface area contributed by atoms with E-state index in [1.165, 1.54) is 18.4 Å². The lowest BCUT2D eigenvalue weighted by Crippen LogP contribution is -2.14. The van der Waals surface area contributed by atoms with Crippen LogP contribution in [0.4, 0.5) is 5.13 Å². The van der Waals surface area contributed by atoms with E-state index in [-0.39, 0.29) is 6.42 Å². The summed E-state index contributed by atoms with van der Waals surface area (Å²) in [6.45, 7) is 0. The van der Waals surface area contributed by atoms with Gasteiger partial charge in [0.1, 0.15) is 0 Å². The summed E-state index contributed by atoms with van der Waals surface area (Å²) >= 11 is 1.24. The first-order chi connectivity index (χ1) is 7.45. The smallest absolute Gasteiger partial charge is 0.372 e. The number of hydrogen-bond acceptors (Lipinski definition) is 6. The van der Waals surface area contributed by atoms with Gasteiger partial charge >= 0.3 is 5.97 Å². The summed E-state index contributed by atoms with van der Waals surface area (Å²) < 4.78 is 4.98. The fourth-order valence-corrected chi connectivity index (χ4v) is 1.96. The molecule has 1 aromatic rings. The number of carboxylic acid groups (broad SMARTS) is 1. The minimum atomic E-state index is -1.44. The molecule has 0 spiro atoms. The summed E-state index contributed by atoms with van der Waals surface area (Å²) in [5, 5.41) is 9.18. The molecule has 0 unspecified atom stereocenters. The quantitative estimate of drug-likeness (QED) is 0.756. The van der Waals surface area contributed by atoms with Crippen LogP contribution in [-0.2, 0) is 16.0 Å². The molecule has 0 aliphatic rings. The predicted octanol–water partition coefficient (Wildman–Crippen LogP) is 0.414. The van der Waals surface area contributed by atoms with Crippen LogP contribution < -0.4 is 9.64 Å². The van der Waals surface area contributed by atoms with Crippen molar-refractivity contribution in [3.05, 3.63) is 4.88 Å². The highest BCUT2D eigenvalue weighted by atomic mass is 32.1. The summed E-state index contributed by atoms with van der Waals surface area (Å²) in [5.74, 6) is -2.00. The Labute approximate surface area is 96.5 Å². The molecule has 16 heavy (non-hydrogen) atoms. The number of thiazole rings is 1. The average Bonchev–Trinajstić information content (AvgIpc) is 2.60. The highest BCUT2D eigenvalue weighted by molar-refractivity contribution is 7.16. The van der Waals surface area contributed by atoms with Gasteiger partial charge in [0.15, 0.2) is 5.13 Å². The molecule has 0 saturated carbocycles. The fourth-order valence-electron chi connectivity index (χ4n) is 1.01. The van der Waals surface area contributed by atoms with E-state index in [9.17, 15) is 9.59 Å². The van der Waals surface area contributed by atoms with Crippen LogP contribution in [0, 0.1) is 0 Å². The van der Waals surface area contributed by atoms with Crippen LogP contribution in [0.1, 0.15) is 4.88 Å². The maximum Gasteiger partial charge on any atom is 0.372 e. The second-order valence-electron chi connectivity index (χ2n) is 3.23. The van der Waals surface area contributed by atoms with Crippen LogP contribution in [0.2, 0.25) is 0 Å². The molecular weight excluding hydrogens is 232 g/mol. The van der Waals surface area contributed by atoms with Gasteiger partial charge in [-0.05, 0) is 0 Å². The van der Waals surface area contributed by atoms with Crippen molar-refractivity contribution in [1.82, 2.24) is 4.98 Å². The number of carbonyl (C=O) groups is 2. The van der Waals surface area contributed by atoms with Crippen LogP contribution in [0.25, 0.3) is 0 Å². The second-order valence-corrected chi connectivity index (χ2v) is 4.29. The van der Waals surface area contributed by atoms with Gasteiger partial charge in [-0.1, -0.05) is 11.3 Å². The van der Waals surface area contributed by atoms with Crippen molar-refractivity contribution in [2.45, 2.75) is 6.42 Å². The molecule has 1 rings (SSSR count). The van der Waals surface area contributed by atoms with Crippen molar-refractivity contribution in [3.63, 3.8) is 0 Å². The molecule has 1 N–H and O–H groups in total. The largest absolute Gasteiger partial charge is 0.480 e. The zero-order valence-corrected chi connectivity index (χ0v) is 10.00. The number of methoxy groups -OCH3 is 1. The molecule has 0 bridgehead atoms. The number of rotatable bonds is 5. The summed E-state index contributed by atoms with van der Waals surface area (Å²) in [6.07, 6.45) is -0.190. The second kappa shape index (κ2) is 4.93. The van der Waals surface area contributed by atoms with Gasteiger partial charge in [-0.25, -0.2) is 4.79 Å². The van der Waals surface area contributed by atoms with Crippen LogP contribution >= 0.6 is 11.3 Å². The maximum atomic E-state index is 11.1. The lowest BCUT2D eigenvalue weighted by atomic mass is 10.2. The lowest BCUT2D eigenvalue weighted by Gasteiger charge is -2.04. The van der Waals surface area contributed by atoms with Gasteiger partial charge in [0.05, 0.1) is 18.4 Å². The number of carboxylic acids is 1. The van der Waals surface area contributed by atoms with E-state index < -0.39 is 11.8 Å². The van der Waals surface area contributed by atoms with E-state index in [0.717, 1.165) is 0 Å². The normalized spacial score (nSPS) is 9.94. The van der Waals surface area contributed by atoms with Crippen molar-refractivity contribution in [3.8, 4) is 5.88 Å². The Morgan fingerprint density at radius 2 is 2.12 bits per heavy atom. The predicted molar refractivity (Wildman–Crippen MR) is 59.3 cm³/mol. The highest BCUT2D eigenvalue weighted by Gasteiger charge is 2.19.